The van der Waals surface area contributed by atoms with Gasteiger partial charge in [-0.2, -0.15) is 5.10 Å². The molecule has 0 unspecified atom stereocenters. The molecule has 1 aliphatic rings. The van der Waals surface area contributed by atoms with Crippen molar-refractivity contribution in [1.29, 1.82) is 0 Å². The number of anilines is 1. The number of hydrogen-bond acceptors (Lipinski definition) is 6. The molecular weight excluding hydrogens is 294 g/mol. The summed E-state index contributed by atoms with van der Waals surface area (Å²) in [6.45, 7) is 1.90. The predicted octanol–water partition coefficient (Wildman–Crippen LogP) is 1.77. The highest BCUT2D eigenvalue weighted by atomic mass is 16.6. The van der Waals surface area contributed by atoms with E-state index in [1.54, 1.807) is 17.2 Å². The SMILES string of the molecule is CN(Cc1ccc2c(c1)OCCO2)c1ncnc2c1cnn2C. The van der Waals surface area contributed by atoms with Gasteiger partial charge in [-0.05, 0) is 17.7 Å². The maximum atomic E-state index is 5.64. The molecule has 3 heterocycles. The largest absolute Gasteiger partial charge is 0.486 e. The van der Waals surface area contributed by atoms with Gasteiger partial charge in [0.1, 0.15) is 25.4 Å². The van der Waals surface area contributed by atoms with E-state index in [1.165, 1.54) is 0 Å². The number of nitrogens with zero attached hydrogens (tertiary/aromatic N) is 5. The van der Waals surface area contributed by atoms with Crippen LogP contribution in [0.25, 0.3) is 11.0 Å². The van der Waals surface area contributed by atoms with Crippen LogP contribution in [-0.2, 0) is 13.6 Å². The summed E-state index contributed by atoms with van der Waals surface area (Å²) in [5, 5.41) is 5.19. The van der Waals surface area contributed by atoms with E-state index < -0.39 is 0 Å². The van der Waals surface area contributed by atoms with E-state index in [0.29, 0.717) is 19.8 Å². The zero-order valence-corrected chi connectivity index (χ0v) is 13.1. The Morgan fingerprint density at radius 2 is 2.00 bits per heavy atom. The van der Waals surface area contributed by atoms with Gasteiger partial charge < -0.3 is 14.4 Å². The molecule has 23 heavy (non-hydrogen) atoms. The highest BCUT2D eigenvalue weighted by molar-refractivity contribution is 5.86. The maximum Gasteiger partial charge on any atom is 0.163 e. The first-order valence-corrected chi connectivity index (χ1v) is 7.45. The van der Waals surface area contributed by atoms with Gasteiger partial charge in [0.2, 0.25) is 0 Å². The van der Waals surface area contributed by atoms with Crippen molar-refractivity contribution in [2.75, 3.05) is 25.2 Å². The fraction of sp³-hybridized carbons (Fsp3) is 0.312. The van der Waals surface area contributed by atoms with Gasteiger partial charge in [-0.3, -0.25) is 4.68 Å². The molecule has 2 aromatic heterocycles. The first-order valence-electron chi connectivity index (χ1n) is 7.45. The van der Waals surface area contributed by atoms with Crippen molar-refractivity contribution in [1.82, 2.24) is 19.7 Å². The molecule has 4 rings (SSSR count). The third kappa shape index (κ3) is 2.44. The first-order chi connectivity index (χ1) is 11.2. The fourth-order valence-electron chi connectivity index (χ4n) is 2.79. The van der Waals surface area contributed by atoms with Crippen LogP contribution in [-0.4, -0.2) is 40.0 Å². The number of rotatable bonds is 3. The van der Waals surface area contributed by atoms with E-state index in [4.69, 9.17) is 9.47 Å². The summed E-state index contributed by atoms with van der Waals surface area (Å²) in [5.74, 6) is 2.47. The molecule has 0 fully saturated rings. The van der Waals surface area contributed by atoms with Crippen LogP contribution in [0, 0.1) is 0 Å². The van der Waals surface area contributed by atoms with Crippen LogP contribution in [0.4, 0.5) is 5.82 Å². The molecule has 0 saturated heterocycles. The van der Waals surface area contributed by atoms with Crippen molar-refractivity contribution >= 4 is 16.9 Å². The van der Waals surface area contributed by atoms with Crippen LogP contribution in [0.15, 0.2) is 30.7 Å². The Morgan fingerprint density at radius 1 is 1.17 bits per heavy atom. The second-order valence-electron chi connectivity index (χ2n) is 5.54. The number of aromatic nitrogens is 4. The minimum absolute atomic E-state index is 0.592. The predicted molar refractivity (Wildman–Crippen MR) is 85.8 cm³/mol. The standard InChI is InChI=1S/C16H17N5O2/c1-20(15-12-8-19-21(2)16(12)18-10-17-15)9-11-3-4-13-14(7-11)23-6-5-22-13/h3-4,7-8,10H,5-6,9H2,1-2H3. The van der Waals surface area contributed by atoms with Gasteiger partial charge in [0.15, 0.2) is 17.1 Å². The maximum absolute atomic E-state index is 5.64. The van der Waals surface area contributed by atoms with Gasteiger partial charge in [0.25, 0.3) is 0 Å². The normalized spacial score (nSPS) is 13.3. The molecule has 0 atom stereocenters. The van der Waals surface area contributed by atoms with E-state index >= 15 is 0 Å². The van der Waals surface area contributed by atoms with Crippen LogP contribution < -0.4 is 14.4 Å². The minimum Gasteiger partial charge on any atom is -0.486 e. The number of benzene rings is 1. The minimum atomic E-state index is 0.592. The van der Waals surface area contributed by atoms with Crippen LogP contribution in [0.2, 0.25) is 0 Å². The monoisotopic (exact) mass is 311 g/mol. The zero-order valence-electron chi connectivity index (χ0n) is 13.1. The van der Waals surface area contributed by atoms with Gasteiger partial charge in [-0.1, -0.05) is 6.07 Å². The Hall–Kier alpha value is -2.83. The molecule has 1 aromatic carbocycles. The van der Waals surface area contributed by atoms with E-state index in [-0.39, 0.29) is 0 Å². The highest BCUT2D eigenvalue weighted by Crippen LogP contribution is 2.31. The number of aryl methyl sites for hydroxylation is 1. The summed E-state index contributed by atoms with van der Waals surface area (Å²) in [6, 6.07) is 6.02. The Balaban J connectivity index is 1.63. The molecule has 0 radical (unpaired) electrons. The topological polar surface area (TPSA) is 65.3 Å². The molecule has 0 aliphatic carbocycles. The van der Waals surface area contributed by atoms with E-state index in [2.05, 4.69) is 20.0 Å². The summed E-state index contributed by atoms with van der Waals surface area (Å²) in [5.41, 5.74) is 1.96. The lowest BCUT2D eigenvalue weighted by molar-refractivity contribution is 0.171. The van der Waals surface area contributed by atoms with Crippen molar-refractivity contribution < 1.29 is 9.47 Å². The Bertz CT molecular complexity index is 861. The van der Waals surface area contributed by atoms with Gasteiger partial charge in [0.05, 0.1) is 11.6 Å². The third-order valence-electron chi connectivity index (χ3n) is 3.90. The lowest BCUT2D eigenvalue weighted by atomic mass is 10.2. The van der Waals surface area contributed by atoms with Crippen molar-refractivity contribution in [2.45, 2.75) is 6.54 Å². The number of ether oxygens (including phenoxy) is 2. The number of hydrogen-bond donors (Lipinski definition) is 0. The lowest BCUT2D eigenvalue weighted by Gasteiger charge is -2.22. The molecule has 7 heteroatoms. The van der Waals surface area contributed by atoms with Crippen LogP contribution >= 0.6 is 0 Å². The van der Waals surface area contributed by atoms with Crippen molar-refractivity contribution in [3.63, 3.8) is 0 Å². The fourth-order valence-corrected chi connectivity index (χ4v) is 2.79. The third-order valence-corrected chi connectivity index (χ3v) is 3.90. The molecule has 3 aromatic rings. The molecule has 118 valence electrons. The second-order valence-corrected chi connectivity index (χ2v) is 5.54. The van der Waals surface area contributed by atoms with Crippen LogP contribution in [0.1, 0.15) is 5.56 Å². The van der Waals surface area contributed by atoms with Gasteiger partial charge in [0, 0.05) is 20.6 Å². The van der Waals surface area contributed by atoms with Crippen molar-refractivity contribution in [3.8, 4) is 11.5 Å². The highest BCUT2D eigenvalue weighted by Gasteiger charge is 2.15. The average molecular weight is 311 g/mol. The Labute approximate surface area is 133 Å². The Kier molecular flexibility index (Phi) is 3.25. The molecule has 0 saturated carbocycles. The van der Waals surface area contributed by atoms with E-state index in [0.717, 1.165) is 33.9 Å². The summed E-state index contributed by atoms with van der Waals surface area (Å²) >= 11 is 0. The van der Waals surface area contributed by atoms with E-state index in [1.807, 2.05) is 32.3 Å². The molecule has 1 aliphatic heterocycles. The molecule has 0 bridgehead atoms. The first kappa shape index (κ1) is 13.8. The molecule has 0 amide bonds. The summed E-state index contributed by atoms with van der Waals surface area (Å²) < 4.78 is 12.9. The van der Waals surface area contributed by atoms with Crippen molar-refractivity contribution in [3.05, 3.63) is 36.3 Å². The molecule has 0 N–H and O–H groups in total. The summed E-state index contributed by atoms with van der Waals surface area (Å²) in [6.07, 6.45) is 3.37. The summed E-state index contributed by atoms with van der Waals surface area (Å²) in [7, 11) is 3.88. The average Bonchev–Trinajstić information content (AvgIpc) is 2.96. The molecule has 0 spiro atoms. The van der Waals surface area contributed by atoms with Crippen LogP contribution in [0.3, 0.4) is 0 Å². The van der Waals surface area contributed by atoms with Crippen LogP contribution in [0.5, 0.6) is 11.5 Å². The van der Waals surface area contributed by atoms with Gasteiger partial charge >= 0.3 is 0 Å². The zero-order chi connectivity index (χ0) is 15.8. The Morgan fingerprint density at radius 3 is 2.87 bits per heavy atom. The molecule has 7 nitrogen and oxygen atoms in total. The lowest BCUT2D eigenvalue weighted by Crippen LogP contribution is -2.19. The quantitative estimate of drug-likeness (QED) is 0.734. The second kappa shape index (κ2) is 5.42. The van der Waals surface area contributed by atoms with E-state index in [9.17, 15) is 0 Å². The smallest absolute Gasteiger partial charge is 0.163 e. The number of fused-ring (bicyclic) bond motifs is 2. The van der Waals surface area contributed by atoms with Crippen molar-refractivity contribution in [2.24, 2.45) is 7.05 Å². The van der Waals surface area contributed by atoms with Gasteiger partial charge in [-0.15, -0.1) is 0 Å². The summed E-state index contributed by atoms with van der Waals surface area (Å²) in [4.78, 5) is 10.8. The van der Waals surface area contributed by atoms with Gasteiger partial charge in [-0.25, -0.2) is 9.97 Å². The molecular formula is C16H17N5O2.